The quantitative estimate of drug-likeness (QED) is 0.507. The van der Waals surface area contributed by atoms with Crippen molar-refractivity contribution in [1.29, 1.82) is 0 Å². The van der Waals surface area contributed by atoms with E-state index in [1.54, 1.807) is 24.5 Å². The first kappa shape index (κ1) is 16.7. The Morgan fingerprint density at radius 2 is 0.815 bits per heavy atom. The molecule has 130 valence electrons. The molecule has 1 heterocycles. The maximum absolute atomic E-state index is 11.0. The number of carbonyl (C=O) groups is 1. The second-order valence-electron chi connectivity index (χ2n) is 6.27. The number of carboxylic acid groups (broad SMARTS) is 1. The Labute approximate surface area is 157 Å². The predicted octanol–water partition coefficient (Wildman–Crippen LogP) is 5.78. The minimum atomic E-state index is -0.910. The second kappa shape index (κ2) is 7.26. The van der Waals surface area contributed by atoms with Gasteiger partial charge in [0.05, 0.1) is 5.56 Å². The van der Waals surface area contributed by atoms with E-state index in [-0.39, 0.29) is 0 Å². The molecule has 0 bridgehead atoms. The number of pyridine rings is 1. The zero-order valence-electron chi connectivity index (χ0n) is 14.5. The average molecular weight is 351 g/mol. The van der Waals surface area contributed by atoms with Crippen LogP contribution in [-0.4, -0.2) is 16.1 Å². The number of rotatable bonds is 4. The number of aromatic nitrogens is 1. The van der Waals surface area contributed by atoms with Gasteiger partial charge in [-0.25, -0.2) is 4.79 Å². The van der Waals surface area contributed by atoms with Crippen molar-refractivity contribution in [2.75, 3.05) is 0 Å². The molecule has 4 rings (SSSR count). The Morgan fingerprint density at radius 1 is 0.519 bits per heavy atom. The lowest BCUT2D eigenvalue weighted by atomic mass is 9.98. The minimum Gasteiger partial charge on any atom is -0.478 e. The lowest BCUT2D eigenvalue weighted by molar-refractivity contribution is 0.0697. The highest BCUT2D eigenvalue weighted by Crippen LogP contribution is 2.27. The van der Waals surface area contributed by atoms with Crippen LogP contribution in [0.1, 0.15) is 10.4 Å². The van der Waals surface area contributed by atoms with Crippen LogP contribution in [0.3, 0.4) is 0 Å². The van der Waals surface area contributed by atoms with Gasteiger partial charge in [-0.1, -0.05) is 60.7 Å². The van der Waals surface area contributed by atoms with E-state index in [1.165, 1.54) is 0 Å². The summed E-state index contributed by atoms with van der Waals surface area (Å²) in [6, 6.07) is 27.7. The smallest absolute Gasteiger partial charge is 0.335 e. The maximum atomic E-state index is 11.0. The van der Waals surface area contributed by atoms with Crippen molar-refractivity contribution in [1.82, 2.24) is 4.98 Å². The molecule has 0 amide bonds. The van der Waals surface area contributed by atoms with Crippen molar-refractivity contribution in [2.24, 2.45) is 0 Å². The topological polar surface area (TPSA) is 50.2 Å². The molecular weight excluding hydrogens is 334 g/mol. The number of nitrogens with zero attached hydrogens (tertiary/aromatic N) is 1. The van der Waals surface area contributed by atoms with Crippen LogP contribution in [0, 0.1) is 0 Å². The van der Waals surface area contributed by atoms with Crippen molar-refractivity contribution in [3.63, 3.8) is 0 Å². The SMILES string of the molecule is O=C(O)c1ccc(-c2ccc(-c3ccc(-c4ccncc4)cc3)cc2)cc1. The van der Waals surface area contributed by atoms with E-state index in [2.05, 4.69) is 53.5 Å². The summed E-state index contributed by atoms with van der Waals surface area (Å²) in [7, 11) is 0. The molecule has 0 spiro atoms. The summed E-state index contributed by atoms with van der Waals surface area (Å²) in [6.45, 7) is 0. The van der Waals surface area contributed by atoms with E-state index in [0.717, 1.165) is 33.4 Å². The lowest BCUT2D eigenvalue weighted by Crippen LogP contribution is -1.94. The van der Waals surface area contributed by atoms with Crippen molar-refractivity contribution in [3.8, 4) is 33.4 Å². The highest BCUT2D eigenvalue weighted by Gasteiger charge is 2.04. The van der Waals surface area contributed by atoms with Crippen LogP contribution in [0.2, 0.25) is 0 Å². The molecule has 3 aromatic carbocycles. The number of hydrogen-bond donors (Lipinski definition) is 1. The maximum Gasteiger partial charge on any atom is 0.335 e. The second-order valence-corrected chi connectivity index (χ2v) is 6.27. The van der Waals surface area contributed by atoms with Gasteiger partial charge in [0.2, 0.25) is 0 Å². The molecule has 1 aromatic heterocycles. The molecule has 3 nitrogen and oxygen atoms in total. The molecule has 0 saturated heterocycles. The van der Waals surface area contributed by atoms with Crippen LogP contribution in [0.4, 0.5) is 0 Å². The fraction of sp³-hybridized carbons (Fsp3) is 0. The first-order valence-corrected chi connectivity index (χ1v) is 8.65. The third-order valence-corrected chi connectivity index (χ3v) is 4.58. The molecule has 0 unspecified atom stereocenters. The number of hydrogen-bond acceptors (Lipinski definition) is 2. The molecule has 0 saturated carbocycles. The van der Waals surface area contributed by atoms with Gasteiger partial charge in [-0.2, -0.15) is 0 Å². The molecule has 0 radical (unpaired) electrons. The van der Waals surface area contributed by atoms with Gasteiger partial charge in [0.25, 0.3) is 0 Å². The summed E-state index contributed by atoms with van der Waals surface area (Å²) in [6.07, 6.45) is 3.59. The molecule has 3 heteroatoms. The fourth-order valence-electron chi connectivity index (χ4n) is 3.06. The van der Waals surface area contributed by atoms with Crippen molar-refractivity contribution in [3.05, 3.63) is 103 Å². The van der Waals surface area contributed by atoms with Gasteiger partial charge in [0.15, 0.2) is 0 Å². The van der Waals surface area contributed by atoms with Gasteiger partial charge in [0.1, 0.15) is 0 Å². The Morgan fingerprint density at radius 3 is 1.15 bits per heavy atom. The highest BCUT2D eigenvalue weighted by atomic mass is 16.4. The zero-order valence-corrected chi connectivity index (χ0v) is 14.5. The van der Waals surface area contributed by atoms with Crippen LogP contribution in [0.15, 0.2) is 97.3 Å². The summed E-state index contributed by atoms with van der Waals surface area (Å²) in [4.78, 5) is 15.0. The monoisotopic (exact) mass is 351 g/mol. The Bertz CT molecular complexity index is 1050. The Kier molecular flexibility index (Phi) is 4.50. The van der Waals surface area contributed by atoms with Gasteiger partial charge in [0, 0.05) is 12.4 Å². The number of carboxylic acids is 1. The molecule has 0 aliphatic carbocycles. The first-order valence-electron chi connectivity index (χ1n) is 8.65. The van der Waals surface area contributed by atoms with Gasteiger partial charge in [-0.3, -0.25) is 4.98 Å². The predicted molar refractivity (Wildman–Crippen MR) is 108 cm³/mol. The van der Waals surface area contributed by atoms with Gasteiger partial charge < -0.3 is 5.11 Å². The molecular formula is C24H17NO2. The first-order chi connectivity index (χ1) is 13.2. The minimum absolute atomic E-state index is 0.296. The highest BCUT2D eigenvalue weighted by molar-refractivity contribution is 5.88. The van der Waals surface area contributed by atoms with E-state index >= 15 is 0 Å². The van der Waals surface area contributed by atoms with Gasteiger partial charge >= 0.3 is 5.97 Å². The zero-order chi connectivity index (χ0) is 18.6. The third kappa shape index (κ3) is 3.62. The van der Waals surface area contributed by atoms with E-state index in [1.807, 2.05) is 24.3 Å². The van der Waals surface area contributed by atoms with E-state index < -0.39 is 5.97 Å². The third-order valence-electron chi connectivity index (χ3n) is 4.58. The molecule has 0 atom stereocenters. The van der Waals surface area contributed by atoms with Gasteiger partial charge in [-0.15, -0.1) is 0 Å². The summed E-state index contributed by atoms with van der Waals surface area (Å²) < 4.78 is 0. The van der Waals surface area contributed by atoms with E-state index in [9.17, 15) is 4.79 Å². The normalized spacial score (nSPS) is 10.5. The molecule has 0 aliphatic rings. The van der Waals surface area contributed by atoms with E-state index in [0.29, 0.717) is 5.56 Å². The summed E-state index contributed by atoms with van der Waals surface area (Å²) in [5, 5.41) is 9.00. The van der Waals surface area contributed by atoms with Crippen LogP contribution in [0.5, 0.6) is 0 Å². The summed E-state index contributed by atoms with van der Waals surface area (Å²) in [5.74, 6) is -0.910. The molecule has 0 fully saturated rings. The molecule has 4 aromatic rings. The van der Waals surface area contributed by atoms with Gasteiger partial charge in [-0.05, 0) is 57.6 Å². The van der Waals surface area contributed by atoms with Crippen molar-refractivity contribution in [2.45, 2.75) is 0 Å². The summed E-state index contributed by atoms with van der Waals surface area (Å²) in [5.41, 5.74) is 6.96. The van der Waals surface area contributed by atoms with Crippen LogP contribution in [0.25, 0.3) is 33.4 Å². The Balaban J connectivity index is 1.56. The Hall–Kier alpha value is -3.72. The summed E-state index contributed by atoms with van der Waals surface area (Å²) >= 11 is 0. The van der Waals surface area contributed by atoms with E-state index in [4.69, 9.17) is 5.11 Å². The van der Waals surface area contributed by atoms with Crippen molar-refractivity contribution >= 4 is 5.97 Å². The largest absolute Gasteiger partial charge is 0.478 e. The standard InChI is InChI=1S/C24H17NO2/c26-24(27)23-11-9-20(10-12-23)19-3-1-17(2-4-19)18-5-7-21(8-6-18)22-13-15-25-16-14-22/h1-16H,(H,26,27). The van der Waals surface area contributed by atoms with Crippen LogP contribution in [-0.2, 0) is 0 Å². The fourth-order valence-corrected chi connectivity index (χ4v) is 3.06. The van der Waals surface area contributed by atoms with Crippen LogP contribution >= 0.6 is 0 Å². The molecule has 1 N–H and O–H groups in total. The number of benzene rings is 3. The number of aromatic carboxylic acids is 1. The lowest BCUT2D eigenvalue weighted by Gasteiger charge is -2.07. The average Bonchev–Trinajstić information content (AvgIpc) is 2.75. The molecule has 27 heavy (non-hydrogen) atoms. The van der Waals surface area contributed by atoms with Crippen LogP contribution < -0.4 is 0 Å². The molecule has 0 aliphatic heterocycles. The van der Waals surface area contributed by atoms with Crippen molar-refractivity contribution < 1.29 is 9.90 Å².